The summed E-state index contributed by atoms with van der Waals surface area (Å²) in [6.45, 7) is -1.93. The Kier molecular flexibility index (Phi) is 6.95. The SMILES string of the molecule is COCCNP(=O)(Cl)N(C)CCO. The second-order valence-electron chi connectivity index (χ2n) is 2.51. The summed E-state index contributed by atoms with van der Waals surface area (Å²) in [7, 11) is 3.14. The molecule has 0 bridgehead atoms. The predicted octanol–water partition coefficient (Wildman–Crippen LogP) is 0.493. The Hall–Kier alpha value is 0.360. The van der Waals surface area contributed by atoms with Gasteiger partial charge in [-0.2, -0.15) is 0 Å². The number of aliphatic hydroxyl groups excluding tert-OH is 1. The Morgan fingerprint density at radius 3 is 2.77 bits per heavy atom. The fourth-order valence-electron chi connectivity index (χ4n) is 0.680. The number of ether oxygens (including phenoxy) is 1. The van der Waals surface area contributed by atoms with E-state index in [1.165, 1.54) is 4.67 Å². The standard InChI is InChI=1S/C6H16ClN2O3P/c1-9(4-5-10)13(7,11)8-3-6-12-2/h10H,3-6H2,1-2H3,(H,8,11). The molecule has 0 spiro atoms. The average molecular weight is 231 g/mol. The van der Waals surface area contributed by atoms with Crippen LogP contribution in [0.1, 0.15) is 0 Å². The molecule has 0 saturated heterocycles. The third-order valence-electron chi connectivity index (χ3n) is 1.48. The predicted molar refractivity (Wildman–Crippen MR) is 53.1 cm³/mol. The topological polar surface area (TPSA) is 61.8 Å². The molecule has 0 heterocycles. The van der Waals surface area contributed by atoms with Crippen molar-refractivity contribution in [3.05, 3.63) is 0 Å². The van der Waals surface area contributed by atoms with Crippen LogP contribution in [0.2, 0.25) is 0 Å². The third kappa shape index (κ3) is 5.62. The molecule has 0 fully saturated rings. The van der Waals surface area contributed by atoms with Crippen molar-refractivity contribution in [2.24, 2.45) is 0 Å². The van der Waals surface area contributed by atoms with E-state index in [1.807, 2.05) is 0 Å². The minimum Gasteiger partial charge on any atom is -0.395 e. The van der Waals surface area contributed by atoms with Gasteiger partial charge in [-0.1, -0.05) is 0 Å². The number of methoxy groups -OCH3 is 1. The molecule has 0 rings (SSSR count). The quantitative estimate of drug-likeness (QED) is 0.493. The van der Waals surface area contributed by atoms with Crippen molar-refractivity contribution in [2.75, 3.05) is 40.5 Å². The van der Waals surface area contributed by atoms with Gasteiger partial charge in [-0.3, -0.25) is 4.57 Å². The van der Waals surface area contributed by atoms with Crippen molar-refractivity contribution in [3.63, 3.8) is 0 Å². The van der Waals surface area contributed by atoms with Crippen LogP contribution in [-0.4, -0.2) is 50.2 Å². The van der Waals surface area contributed by atoms with Gasteiger partial charge in [0, 0.05) is 20.2 Å². The molecule has 13 heavy (non-hydrogen) atoms. The van der Waals surface area contributed by atoms with E-state index in [-0.39, 0.29) is 13.2 Å². The summed E-state index contributed by atoms with van der Waals surface area (Å²) in [5.41, 5.74) is 0. The summed E-state index contributed by atoms with van der Waals surface area (Å²) >= 11 is 5.70. The van der Waals surface area contributed by atoms with Crippen LogP contribution in [0.15, 0.2) is 0 Å². The largest absolute Gasteiger partial charge is 0.395 e. The van der Waals surface area contributed by atoms with Gasteiger partial charge in [0.05, 0.1) is 13.2 Å². The van der Waals surface area contributed by atoms with Gasteiger partial charge < -0.3 is 9.84 Å². The highest BCUT2D eigenvalue weighted by atomic mass is 35.7. The second kappa shape index (κ2) is 6.76. The number of aliphatic hydroxyl groups is 1. The lowest BCUT2D eigenvalue weighted by Crippen LogP contribution is -2.26. The van der Waals surface area contributed by atoms with E-state index in [0.717, 1.165) is 0 Å². The van der Waals surface area contributed by atoms with Gasteiger partial charge >= 0.3 is 6.80 Å². The van der Waals surface area contributed by atoms with Crippen molar-refractivity contribution in [1.29, 1.82) is 0 Å². The maximum absolute atomic E-state index is 11.6. The first-order chi connectivity index (χ1) is 6.04. The van der Waals surface area contributed by atoms with E-state index in [2.05, 4.69) is 5.09 Å². The monoisotopic (exact) mass is 230 g/mol. The smallest absolute Gasteiger partial charge is 0.301 e. The molecule has 7 heteroatoms. The Labute approximate surface area is 83.3 Å². The highest BCUT2D eigenvalue weighted by Crippen LogP contribution is 2.48. The zero-order valence-corrected chi connectivity index (χ0v) is 9.51. The van der Waals surface area contributed by atoms with Crippen molar-refractivity contribution < 1.29 is 14.4 Å². The molecular weight excluding hydrogens is 215 g/mol. The highest BCUT2D eigenvalue weighted by Gasteiger charge is 2.22. The second-order valence-corrected chi connectivity index (χ2v) is 5.89. The molecule has 1 unspecified atom stereocenters. The number of hydrogen-bond acceptors (Lipinski definition) is 3. The Bertz CT molecular complexity index is 181. The molecule has 0 radical (unpaired) electrons. The first-order valence-electron chi connectivity index (χ1n) is 3.91. The zero-order chi connectivity index (χ0) is 10.3. The molecule has 0 amide bonds. The summed E-state index contributed by atoms with van der Waals surface area (Å²) in [6, 6.07) is 0. The number of nitrogens with zero attached hydrogens (tertiary/aromatic N) is 1. The van der Waals surface area contributed by atoms with Crippen LogP contribution in [-0.2, 0) is 9.30 Å². The fraction of sp³-hybridized carbons (Fsp3) is 1.00. The maximum Gasteiger partial charge on any atom is 0.301 e. The lowest BCUT2D eigenvalue weighted by molar-refractivity contribution is 0.203. The Morgan fingerprint density at radius 1 is 1.69 bits per heavy atom. The van der Waals surface area contributed by atoms with Gasteiger partial charge in [0.2, 0.25) is 0 Å². The van der Waals surface area contributed by atoms with Crippen molar-refractivity contribution >= 4 is 18.0 Å². The minimum atomic E-state index is -3.01. The van der Waals surface area contributed by atoms with Crippen molar-refractivity contribution in [2.45, 2.75) is 0 Å². The normalized spacial score (nSPS) is 16.1. The number of likely N-dealkylation sites (N-methyl/N-ethyl adjacent to an activating group) is 1. The number of rotatable bonds is 7. The van der Waals surface area contributed by atoms with Crippen LogP contribution in [0.25, 0.3) is 0 Å². The first-order valence-corrected chi connectivity index (χ1v) is 6.47. The minimum absolute atomic E-state index is 0.0703. The van der Waals surface area contributed by atoms with E-state index < -0.39 is 6.80 Å². The molecular formula is C6H16ClN2O3P. The first kappa shape index (κ1) is 13.4. The van der Waals surface area contributed by atoms with E-state index in [1.54, 1.807) is 14.2 Å². The number of hydrogen-bond donors (Lipinski definition) is 2. The molecule has 0 aromatic carbocycles. The van der Waals surface area contributed by atoms with Crippen LogP contribution in [0.5, 0.6) is 0 Å². The van der Waals surface area contributed by atoms with Crippen LogP contribution in [0.3, 0.4) is 0 Å². The van der Waals surface area contributed by atoms with Gasteiger partial charge in [0.1, 0.15) is 0 Å². The highest BCUT2D eigenvalue weighted by molar-refractivity contribution is 7.85. The molecule has 0 aliphatic rings. The molecule has 2 N–H and O–H groups in total. The van der Waals surface area contributed by atoms with Gasteiger partial charge in [-0.05, 0) is 18.3 Å². The molecule has 0 aliphatic carbocycles. The summed E-state index contributed by atoms with van der Waals surface area (Å²) in [5, 5.41) is 11.3. The molecule has 0 aromatic rings. The number of halogens is 1. The average Bonchev–Trinajstić information content (AvgIpc) is 2.05. The maximum atomic E-state index is 11.6. The van der Waals surface area contributed by atoms with E-state index in [0.29, 0.717) is 13.2 Å². The van der Waals surface area contributed by atoms with Gasteiger partial charge in [-0.15, -0.1) is 0 Å². The van der Waals surface area contributed by atoms with Crippen LogP contribution in [0.4, 0.5) is 0 Å². The van der Waals surface area contributed by atoms with Gasteiger partial charge in [0.25, 0.3) is 0 Å². The zero-order valence-electron chi connectivity index (χ0n) is 7.86. The summed E-state index contributed by atoms with van der Waals surface area (Å²) in [4.78, 5) is 0. The van der Waals surface area contributed by atoms with Crippen LogP contribution < -0.4 is 5.09 Å². The van der Waals surface area contributed by atoms with Crippen LogP contribution in [0, 0.1) is 0 Å². The van der Waals surface area contributed by atoms with E-state index in [9.17, 15) is 4.57 Å². The van der Waals surface area contributed by atoms with Gasteiger partial charge in [-0.25, -0.2) is 9.76 Å². The Morgan fingerprint density at radius 2 is 2.31 bits per heavy atom. The van der Waals surface area contributed by atoms with E-state index >= 15 is 0 Å². The molecule has 80 valence electrons. The summed E-state index contributed by atoms with van der Waals surface area (Å²) in [5.74, 6) is 0. The van der Waals surface area contributed by atoms with Crippen molar-refractivity contribution in [1.82, 2.24) is 9.76 Å². The van der Waals surface area contributed by atoms with E-state index in [4.69, 9.17) is 21.1 Å². The molecule has 0 saturated carbocycles. The molecule has 0 aromatic heterocycles. The summed E-state index contributed by atoms with van der Waals surface area (Å²) < 4.78 is 17.8. The fourth-order valence-corrected chi connectivity index (χ4v) is 2.12. The Balaban J connectivity index is 3.84. The number of nitrogens with one attached hydrogen (secondary N) is 1. The third-order valence-corrected chi connectivity index (χ3v) is 4.30. The lowest BCUT2D eigenvalue weighted by Gasteiger charge is -2.22. The lowest BCUT2D eigenvalue weighted by atomic mass is 10.7. The molecule has 1 atom stereocenters. The molecule has 0 aliphatic heterocycles. The molecule has 5 nitrogen and oxygen atoms in total. The summed E-state index contributed by atoms with van der Waals surface area (Å²) in [6.07, 6.45) is 0. The van der Waals surface area contributed by atoms with Crippen LogP contribution >= 0.6 is 18.0 Å². The van der Waals surface area contributed by atoms with Gasteiger partial charge in [0.15, 0.2) is 0 Å². The van der Waals surface area contributed by atoms with Crippen molar-refractivity contribution in [3.8, 4) is 0 Å².